The van der Waals surface area contributed by atoms with Crippen LogP contribution >= 0.6 is 0 Å². The van der Waals surface area contributed by atoms with Gasteiger partial charge in [0.2, 0.25) is 0 Å². The van der Waals surface area contributed by atoms with Crippen molar-refractivity contribution in [3.05, 3.63) is 24.0 Å². The third kappa shape index (κ3) is 3.85. The van der Waals surface area contributed by atoms with Crippen LogP contribution in [0.1, 0.15) is 32.6 Å². The maximum atomic E-state index is 13.2. The number of aliphatic hydroxyl groups excluding tert-OH is 1. The minimum absolute atomic E-state index is 0.0812. The molecule has 0 aliphatic heterocycles. The standard InChI is InChI=1S/C15H21FN2O3/c1-2-21-13-9-11(16)5-6-12(13)17-14(20)18-15(10-19)7-3-4-8-15/h5-6,9,19H,2-4,7-8,10H2,1H3,(H2,17,18,20). The quantitative estimate of drug-likeness (QED) is 0.782. The summed E-state index contributed by atoms with van der Waals surface area (Å²) >= 11 is 0. The number of urea groups is 1. The van der Waals surface area contributed by atoms with Crippen LogP contribution in [-0.2, 0) is 0 Å². The van der Waals surface area contributed by atoms with Crippen LogP contribution in [0.5, 0.6) is 5.75 Å². The van der Waals surface area contributed by atoms with Gasteiger partial charge in [-0.25, -0.2) is 9.18 Å². The fraction of sp³-hybridized carbons (Fsp3) is 0.533. The Morgan fingerprint density at radius 1 is 1.43 bits per heavy atom. The highest BCUT2D eigenvalue weighted by Gasteiger charge is 2.34. The van der Waals surface area contributed by atoms with Crippen LogP contribution in [0.3, 0.4) is 0 Å². The van der Waals surface area contributed by atoms with E-state index in [-0.39, 0.29) is 12.4 Å². The molecule has 0 spiro atoms. The Hall–Kier alpha value is -1.82. The SMILES string of the molecule is CCOc1cc(F)ccc1NC(=O)NC1(CO)CCCC1. The Kier molecular flexibility index (Phi) is 5.01. The first-order chi connectivity index (χ1) is 10.1. The second-order valence-corrected chi connectivity index (χ2v) is 5.30. The second-order valence-electron chi connectivity index (χ2n) is 5.30. The molecule has 1 aromatic carbocycles. The topological polar surface area (TPSA) is 70.6 Å². The lowest BCUT2D eigenvalue weighted by Gasteiger charge is -2.28. The summed E-state index contributed by atoms with van der Waals surface area (Å²) in [4.78, 5) is 12.1. The van der Waals surface area contributed by atoms with Crippen molar-refractivity contribution in [2.45, 2.75) is 38.1 Å². The largest absolute Gasteiger partial charge is 0.492 e. The molecule has 2 amide bonds. The summed E-state index contributed by atoms with van der Waals surface area (Å²) < 4.78 is 18.5. The molecule has 1 aromatic rings. The lowest BCUT2D eigenvalue weighted by atomic mass is 9.99. The summed E-state index contributed by atoms with van der Waals surface area (Å²) in [5.41, 5.74) is -0.141. The van der Waals surface area contributed by atoms with Gasteiger partial charge in [0.15, 0.2) is 0 Å². The lowest BCUT2D eigenvalue weighted by molar-refractivity contribution is 0.167. The predicted octanol–water partition coefficient (Wildman–Crippen LogP) is 2.65. The highest BCUT2D eigenvalue weighted by molar-refractivity contribution is 5.91. The molecule has 1 aliphatic rings. The van der Waals surface area contributed by atoms with Crippen molar-refractivity contribution in [2.24, 2.45) is 0 Å². The molecular formula is C15H21FN2O3. The van der Waals surface area contributed by atoms with Crippen LogP contribution in [-0.4, -0.2) is 29.9 Å². The van der Waals surface area contributed by atoms with E-state index in [0.717, 1.165) is 25.7 Å². The first kappa shape index (κ1) is 15.6. The Labute approximate surface area is 123 Å². The summed E-state index contributed by atoms with van der Waals surface area (Å²) in [6.45, 7) is 2.08. The molecule has 0 bridgehead atoms. The molecular weight excluding hydrogens is 275 g/mol. The van der Waals surface area contributed by atoms with Crippen molar-refractivity contribution >= 4 is 11.7 Å². The Bertz CT molecular complexity index is 502. The zero-order valence-electron chi connectivity index (χ0n) is 12.1. The molecule has 0 heterocycles. The number of anilines is 1. The predicted molar refractivity (Wildman–Crippen MR) is 78.0 cm³/mol. The smallest absolute Gasteiger partial charge is 0.319 e. The van der Waals surface area contributed by atoms with Gasteiger partial charge in [0, 0.05) is 6.07 Å². The molecule has 3 N–H and O–H groups in total. The summed E-state index contributed by atoms with van der Waals surface area (Å²) in [7, 11) is 0. The number of nitrogens with one attached hydrogen (secondary N) is 2. The summed E-state index contributed by atoms with van der Waals surface area (Å²) in [5.74, 6) is -0.135. The van der Waals surface area contributed by atoms with Crippen LogP contribution in [0.25, 0.3) is 0 Å². The van der Waals surface area contributed by atoms with Gasteiger partial charge < -0.3 is 20.5 Å². The molecule has 0 aromatic heterocycles. The molecule has 2 rings (SSSR count). The summed E-state index contributed by atoms with van der Waals surface area (Å²) in [5, 5.41) is 15.0. The normalized spacial score (nSPS) is 16.5. The van der Waals surface area contributed by atoms with E-state index in [4.69, 9.17) is 4.74 Å². The fourth-order valence-electron chi connectivity index (χ4n) is 2.64. The van der Waals surface area contributed by atoms with Gasteiger partial charge >= 0.3 is 6.03 Å². The van der Waals surface area contributed by atoms with Gasteiger partial charge in [0.25, 0.3) is 0 Å². The number of benzene rings is 1. The number of amides is 2. The average molecular weight is 296 g/mol. The van der Waals surface area contributed by atoms with Crippen molar-refractivity contribution in [3.8, 4) is 5.75 Å². The van der Waals surface area contributed by atoms with E-state index >= 15 is 0 Å². The zero-order valence-corrected chi connectivity index (χ0v) is 12.1. The number of carbonyl (C=O) groups is 1. The fourth-order valence-corrected chi connectivity index (χ4v) is 2.64. The molecule has 0 unspecified atom stereocenters. The van der Waals surface area contributed by atoms with Crippen LogP contribution in [0, 0.1) is 5.82 Å². The van der Waals surface area contributed by atoms with Gasteiger partial charge in [-0.1, -0.05) is 12.8 Å². The number of aliphatic hydroxyl groups is 1. The summed E-state index contributed by atoms with van der Waals surface area (Å²) in [6, 6.07) is 3.53. The molecule has 1 aliphatic carbocycles. The molecule has 1 fully saturated rings. The summed E-state index contributed by atoms with van der Waals surface area (Å²) in [6.07, 6.45) is 3.50. The molecule has 0 radical (unpaired) electrons. The average Bonchev–Trinajstić information content (AvgIpc) is 2.91. The van der Waals surface area contributed by atoms with E-state index in [1.807, 2.05) is 0 Å². The van der Waals surface area contributed by atoms with Crippen LogP contribution in [0.4, 0.5) is 14.9 Å². The number of hydrogen-bond donors (Lipinski definition) is 3. The van der Waals surface area contributed by atoms with Crippen molar-refractivity contribution in [2.75, 3.05) is 18.5 Å². The van der Waals surface area contributed by atoms with Gasteiger partial charge in [-0.3, -0.25) is 0 Å². The number of halogens is 1. The highest BCUT2D eigenvalue weighted by Crippen LogP contribution is 2.30. The first-order valence-electron chi connectivity index (χ1n) is 7.21. The lowest BCUT2D eigenvalue weighted by Crippen LogP contribution is -2.50. The van der Waals surface area contributed by atoms with Gasteiger partial charge in [-0.2, -0.15) is 0 Å². The Morgan fingerprint density at radius 2 is 2.14 bits per heavy atom. The minimum Gasteiger partial charge on any atom is -0.492 e. The third-order valence-corrected chi connectivity index (χ3v) is 3.73. The number of carbonyl (C=O) groups excluding carboxylic acids is 1. The van der Waals surface area contributed by atoms with Gasteiger partial charge in [0.1, 0.15) is 11.6 Å². The van der Waals surface area contributed by atoms with E-state index in [1.54, 1.807) is 6.92 Å². The number of ether oxygens (including phenoxy) is 1. The molecule has 1 saturated carbocycles. The van der Waals surface area contributed by atoms with Gasteiger partial charge in [-0.05, 0) is 31.9 Å². The molecule has 0 atom stereocenters. The Balaban J connectivity index is 2.05. The zero-order chi connectivity index (χ0) is 15.3. The van der Waals surface area contributed by atoms with Gasteiger partial charge in [-0.15, -0.1) is 0 Å². The van der Waals surface area contributed by atoms with E-state index in [2.05, 4.69) is 10.6 Å². The van der Waals surface area contributed by atoms with Crippen LogP contribution < -0.4 is 15.4 Å². The van der Waals surface area contributed by atoms with E-state index in [1.165, 1.54) is 18.2 Å². The number of rotatable bonds is 5. The maximum absolute atomic E-state index is 13.2. The van der Waals surface area contributed by atoms with E-state index in [0.29, 0.717) is 12.3 Å². The molecule has 0 saturated heterocycles. The van der Waals surface area contributed by atoms with Crippen molar-refractivity contribution in [1.82, 2.24) is 5.32 Å². The molecule has 21 heavy (non-hydrogen) atoms. The van der Waals surface area contributed by atoms with Crippen molar-refractivity contribution < 1.29 is 19.0 Å². The van der Waals surface area contributed by atoms with Crippen molar-refractivity contribution in [3.63, 3.8) is 0 Å². The van der Waals surface area contributed by atoms with Crippen LogP contribution in [0.2, 0.25) is 0 Å². The van der Waals surface area contributed by atoms with E-state index in [9.17, 15) is 14.3 Å². The molecule has 116 valence electrons. The van der Waals surface area contributed by atoms with Crippen molar-refractivity contribution in [1.29, 1.82) is 0 Å². The first-order valence-corrected chi connectivity index (χ1v) is 7.21. The highest BCUT2D eigenvalue weighted by atomic mass is 19.1. The number of hydrogen-bond acceptors (Lipinski definition) is 3. The third-order valence-electron chi connectivity index (χ3n) is 3.73. The molecule has 5 nitrogen and oxygen atoms in total. The molecule has 6 heteroatoms. The minimum atomic E-state index is -0.546. The Morgan fingerprint density at radius 3 is 2.76 bits per heavy atom. The van der Waals surface area contributed by atoms with Crippen LogP contribution in [0.15, 0.2) is 18.2 Å². The monoisotopic (exact) mass is 296 g/mol. The maximum Gasteiger partial charge on any atom is 0.319 e. The van der Waals surface area contributed by atoms with E-state index < -0.39 is 17.4 Å². The second kappa shape index (κ2) is 6.76. The van der Waals surface area contributed by atoms with Gasteiger partial charge in [0.05, 0.1) is 24.4 Å².